The van der Waals surface area contributed by atoms with E-state index >= 15 is 0 Å². The van der Waals surface area contributed by atoms with E-state index in [1.165, 1.54) is 4.90 Å². The molecular formula is C19H19BrClNO3. The van der Waals surface area contributed by atoms with Crippen molar-refractivity contribution in [2.24, 2.45) is 0 Å². The lowest BCUT2D eigenvalue weighted by Crippen LogP contribution is -2.54. The lowest BCUT2D eigenvalue weighted by Gasteiger charge is -2.43. The third-order valence-corrected chi connectivity index (χ3v) is 5.65. The van der Waals surface area contributed by atoms with E-state index < -0.39 is 5.54 Å². The van der Waals surface area contributed by atoms with Crippen molar-refractivity contribution in [2.45, 2.75) is 38.1 Å². The van der Waals surface area contributed by atoms with E-state index in [9.17, 15) is 9.59 Å². The number of amides is 1. The molecule has 0 radical (unpaired) electrons. The summed E-state index contributed by atoms with van der Waals surface area (Å²) in [6.45, 7) is 1.81. The first-order chi connectivity index (χ1) is 11.9. The van der Waals surface area contributed by atoms with Crippen molar-refractivity contribution in [3.63, 3.8) is 0 Å². The molecule has 0 spiro atoms. The summed E-state index contributed by atoms with van der Waals surface area (Å²) in [5.41, 5.74) is 0.348. The van der Waals surface area contributed by atoms with Gasteiger partial charge in [0.1, 0.15) is 5.54 Å². The van der Waals surface area contributed by atoms with Gasteiger partial charge in [-0.15, -0.1) is 0 Å². The fourth-order valence-corrected chi connectivity index (χ4v) is 4.41. The first kappa shape index (κ1) is 18.2. The van der Waals surface area contributed by atoms with Crippen LogP contribution in [0.3, 0.4) is 0 Å². The summed E-state index contributed by atoms with van der Waals surface area (Å²) < 4.78 is 6.00. The van der Waals surface area contributed by atoms with Gasteiger partial charge < -0.3 is 9.32 Å². The Hall–Kier alpha value is -1.59. The number of aryl methyl sites for hydroxylation is 1. The molecule has 1 heterocycles. The van der Waals surface area contributed by atoms with Gasteiger partial charge in [0.15, 0.2) is 16.2 Å². The van der Waals surface area contributed by atoms with Crippen LogP contribution in [0.2, 0.25) is 5.02 Å². The number of rotatable bonds is 3. The molecule has 1 aliphatic carbocycles. The second-order valence-electron chi connectivity index (χ2n) is 6.40. The van der Waals surface area contributed by atoms with Gasteiger partial charge >= 0.3 is 0 Å². The first-order valence-corrected chi connectivity index (χ1v) is 9.37. The summed E-state index contributed by atoms with van der Waals surface area (Å²) in [6, 6.07) is 9.00. The molecule has 1 aliphatic rings. The lowest BCUT2D eigenvalue weighted by atomic mass is 9.74. The second kappa shape index (κ2) is 6.96. The molecule has 3 rings (SSSR count). The van der Waals surface area contributed by atoms with Gasteiger partial charge in [0.05, 0.1) is 0 Å². The van der Waals surface area contributed by atoms with Gasteiger partial charge in [0.2, 0.25) is 0 Å². The zero-order valence-corrected chi connectivity index (χ0v) is 16.5. The molecule has 25 heavy (non-hydrogen) atoms. The SMILES string of the molecule is Cc1cc(Br)oc1C(=O)N(C)C1(c2ccccc2Cl)CCCCC1=O. The minimum Gasteiger partial charge on any atom is -0.444 e. The molecule has 1 atom stereocenters. The minimum absolute atomic E-state index is 0.0194. The van der Waals surface area contributed by atoms with Gasteiger partial charge in [-0.1, -0.05) is 29.8 Å². The number of ketones is 1. The maximum absolute atomic E-state index is 13.1. The molecule has 0 aliphatic heterocycles. The van der Waals surface area contributed by atoms with Crippen LogP contribution in [0.25, 0.3) is 0 Å². The summed E-state index contributed by atoms with van der Waals surface area (Å²) in [7, 11) is 1.66. The van der Waals surface area contributed by atoms with Crippen molar-refractivity contribution in [3.8, 4) is 0 Å². The Morgan fingerprint density at radius 1 is 1.32 bits per heavy atom. The molecule has 2 aromatic rings. The molecule has 6 heteroatoms. The average Bonchev–Trinajstić information content (AvgIpc) is 2.93. The fraction of sp³-hybridized carbons (Fsp3) is 0.368. The van der Waals surface area contributed by atoms with Crippen LogP contribution in [0, 0.1) is 6.92 Å². The molecule has 1 amide bonds. The number of hydrogen-bond donors (Lipinski definition) is 0. The number of furan rings is 1. The number of Topliss-reactive ketones (excluding diaryl/α,β-unsaturated/α-hetero) is 1. The van der Waals surface area contributed by atoms with Crippen molar-refractivity contribution in [2.75, 3.05) is 7.05 Å². The van der Waals surface area contributed by atoms with Crippen molar-refractivity contribution in [1.82, 2.24) is 4.90 Å². The number of carbonyl (C=O) groups excluding carboxylic acids is 2. The standard InChI is InChI=1S/C19H19BrClNO3/c1-12-11-16(20)25-17(12)18(24)22(2)19(10-6-5-9-15(19)23)13-7-3-4-8-14(13)21/h3-4,7-8,11H,5-6,9-10H2,1-2H3. The third-order valence-electron chi connectivity index (χ3n) is 4.93. The van der Waals surface area contributed by atoms with E-state index in [2.05, 4.69) is 15.9 Å². The predicted octanol–water partition coefficient (Wildman–Crippen LogP) is 5.11. The van der Waals surface area contributed by atoms with Gasteiger partial charge in [-0.3, -0.25) is 9.59 Å². The Morgan fingerprint density at radius 2 is 2.04 bits per heavy atom. The van der Waals surface area contributed by atoms with E-state index in [-0.39, 0.29) is 17.5 Å². The molecule has 1 saturated carbocycles. The first-order valence-electron chi connectivity index (χ1n) is 8.20. The van der Waals surface area contributed by atoms with Gasteiger partial charge in [-0.25, -0.2) is 0 Å². The van der Waals surface area contributed by atoms with E-state index in [0.29, 0.717) is 28.1 Å². The number of carbonyl (C=O) groups is 2. The van der Waals surface area contributed by atoms with Gasteiger partial charge in [0, 0.05) is 29.6 Å². The normalized spacial score (nSPS) is 20.6. The van der Waals surface area contributed by atoms with Crippen molar-refractivity contribution in [1.29, 1.82) is 0 Å². The van der Waals surface area contributed by atoms with E-state index in [0.717, 1.165) is 18.4 Å². The third kappa shape index (κ3) is 3.04. The highest BCUT2D eigenvalue weighted by Crippen LogP contribution is 2.43. The van der Waals surface area contributed by atoms with Crippen LogP contribution >= 0.6 is 27.5 Å². The van der Waals surface area contributed by atoms with Crippen LogP contribution in [-0.2, 0) is 10.3 Å². The maximum atomic E-state index is 13.1. The predicted molar refractivity (Wildman–Crippen MR) is 99.8 cm³/mol. The minimum atomic E-state index is -1.06. The molecule has 0 bridgehead atoms. The Morgan fingerprint density at radius 3 is 2.64 bits per heavy atom. The quantitative estimate of drug-likeness (QED) is 0.687. The Kier molecular flexibility index (Phi) is 5.07. The monoisotopic (exact) mass is 423 g/mol. The molecule has 1 aromatic heterocycles. The summed E-state index contributed by atoms with van der Waals surface area (Å²) in [5.74, 6) is -0.0662. The molecule has 1 unspecified atom stereocenters. The summed E-state index contributed by atoms with van der Waals surface area (Å²) in [4.78, 5) is 27.7. The summed E-state index contributed by atoms with van der Waals surface area (Å²) in [6.07, 6.45) is 2.68. The topological polar surface area (TPSA) is 50.5 Å². The van der Waals surface area contributed by atoms with Crippen LogP contribution in [0.5, 0.6) is 0 Å². The van der Waals surface area contributed by atoms with Gasteiger partial charge in [-0.05, 0) is 54.2 Å². The van der Waals surface area contributed by atoms with Crippen LogP contribution < -0.4 is 0 Å². The number of hydrogen-bond acceptors (Lipinski definition) is 3. The highest BCUT2D eigenvalue weighted by molar-refractivity contribution is 9.10. The molecular weight excluding hydrogens is 406 g/mol. The van der Waals surface area contributed by atoms with Crippen LogP contribution in [0.4, 0.5) is 0 Å². The Bertz CT molecular complexity index is 832. The van der Waals surface area contributed by atoms with Crippen molar-refractivity contribution < 1.29 is 14.0 Å². The summed E-state index contributed by atoms with van der Waals surface area (Å²) >= 11 is 9.67. The maximum Gasteiger partial charge on any atom is 0.290 e. The zero-order valence-electron chi connectivity index (χ0n) is 14.1. The zero-order chi connectivity index (χ0) is 18.2. The number of likely N-dealkylation sites (N-methyl/N-ethyl adjacent to an activating group) is 1. The van der Waals surface area contributed by atoms with Crippen LogP contribution in [0.1, 0.15) is 47.4 Å². The van der Waals surface area contributed by atoms with Gasteiger partial charge in [-0.2, -0.15) is 0 Å². The van der Waals surface area contributed by atoms with Crippen molar-refractivity contribution >= 4 is 39.2 Å². The fourth-order valence-electron chi connectivity index (χ4n) is 3.61. The van der Waals surface area contributed by atoms with Crippen LogP contribution in [0.15, 0.2) is 39.4 Å². The van der Waals surface area contributed by atoms with E-state index in [4.69, 9.17) is 16.0 Å². The highest BCUT2D eigenvalue weighted by Gasteiger charge is 2.48. The number of halogens is 2. The Labute approximate surface area is 160 Å². The molecule has 1 fully saturated rings. The Balaban J connectivity index is 2.12. The number of benzene rings is 1. The average molecular weight is 425 g/mol. The molecule has 132 valence electrons. The van der Waals surface area contributed by atoms with E-state index in [1.807, 2.05) is 18.2 Å². The summed E-state index contributed by atoms with van der Waals surface area (Å²) in [5, 5.41) is 0.495. The molecule has 0 saturated heterocycles. The van der Waals surface area contributed by atoms with Gasteiger partial charge in [0.25, 0.3) is 5.91 Å². The molecule has 1 aromatic carbocycles. The highest BCUT2D eigenvalue weighted by atomic mass is 79.9. The van der Waals surface area contributed by atoms with Crippen molar-refractivity contribution in [3.05, 3.63) is 56.9 Å². The molecule has 0 N–H and O–H groups in total. The lowest BCUT2D eigenvalue weighted by molar-refractivity contribution is -0.132. The second-order valence-corrected chi connectivity index (χ2v) is 7.59. The smallest absolute Gasteiger partial charge is 0.290 e. The van der Waals surface area contributed by atoms with E-state index in [1.54, 1.807) is 26.1 Å². The van der Waals surface area contributed by atoms with Crippen LogP contribution in [-0.4, -0.2) is 23.6 Å². The number of nitrogens with zero attached hydrogens (tertiary/aromatic N) is 1. The largest absolute Gasteiger partial charge is 0.444 e. The molecule has 4 nitrogen and oxygen atoms in total.